The highest BCUT2D eigenvalue weighted by Gasteiger charge is 2.17. The number of nitrogens with zero attached hydrogens (tertiary/aromatic N) is 2. The number of nitrogens with one attached hydrogen (secondary N) is 1. The molecule has 2 aromatic carbocycles. The zero-order valence-electron chi connectivity index (χ0n) is 14.0. The zero-order valence-corrected chi connectivity index (χ0v) is 15.5. The van der Waals surface area contributed by atoms with E-state index in [0.717, 1.165) is 30.0 Å². The second-order valence-corrected chi connectivity index (χ2v) is 7.16. The molecule has 1 aromatic heterocycles. The molecule has 0 fully saturated rings. The Morgan fingerprint density at radius 1 is 1.12 bits per heavy atom. The standard InChI is InChI=1S/C20H17Cl2N3O/c21-13-8-9-14(16(22)11-13)20(26)24-17-6-2-1-5-15(17)18-12-25-10-4-3-7-19(25)23-18/h1-2,5-6,8-9,11-12H,3-4,7,10H2,(H,24,26). The number of carbonyl (C=O) groups excluding carboxylic acids is 1. The van der Waals surface area contributed by atoms with Crippen LogP contribution in [0.4, 0.5) is 5.69 Å². The van der Waals surface area contributed by atoms with E-state index in [2.05, 4.69) is 16.1 Å². The maximum absolute atomic E-state index is 12.7. The molecule has 26 heavy (non-hydrogen) atoms. The molecule has 132 valence electrons. The maximum atomic E-state index is 12.7. The molecule has 1 N–H and O–H groups in total. The van der Waals surface area contributed by atoms with E-state index < -0.39 is 0 Å². The monoisotopic (exact) mass is 385 g/mol. The van der Waals surface area contributed by atoms with Gasteiger partial charge in [0.05, 0.1) is 22.0 Å². The van der Waals surface area contributed by atoms with Gasteiger partial charge in [0.15, 0.2) is 0 Å². The van der Waals surface area contributed by atoms with E-state index in [9.17, 15) is 4.79 Å². The van der Waals surface area contributed by atoms with Gasteiger partial charge in [0.2, 0.25) is 0 Å². The molecule has 1 aliphatic heterocycles. The lowest BCUT2D eigenvalue weighted by Gasteiger charge is -2.11. The molecule has 4 nitrogen and oxygen atoms in total. The number of benzene rings is 2. The van der Waals surface area contributed by atoms with Crippen molar-refractivity contribution in [1.29, 1.82) is 0 Å². The number of anilines is 1. The third-order valence-corrected chi connectivity index (χ3v) is 5.08. The quantitative estimate of drug-likeness (QED) is 0.651. The van der Waals surface area contributed by atoms with Crippen LogP contribution in [0.2, 0.25) is 10.0 Å². The second-order valence-electron chi connectivity index (χ2n) is 6.32. The van der Waals surface area contributed by atoms with E-state index in [0.29, 0.717) is 21.3 Å². The molecule has 0 saturated heterocycles. The topological polar surface area (TPSA) is 46.9 Å². The lowest BCUT2D eigenvalue weighted by molar-refractivity contribution is 0.102. The van der Waals surface area contributed by atoms with Gasteiger partial charge in [-0.05, 0) is 37.1 Å². The van der Waals surface area contributed by atoms with Gasteiger partial charge < -0.3 is 9.88 Å². The average molecular weight is 386 g/mol. The summed E-state index contributed by atoms with van der Waals surface area (Å²) in [4.78, 5) is 17.4. The molecule has 0 unspecified atom stereocenters. The Hall–Kier alpha value is -2.30. The lowest BCUT2D eigenvalue weighted by atomic mass is 10.1. The number of amides is 1. The van der Waals surface area contributed by atoms with Gasteiger partial charge in [0.25, 0.3) is 5.91 Å². The molecule has 2 heterocycles. The molecule has 0 bridgehead atoms. The molecule has 4 rings (SSSR count). The summed E-state index contributed by atoms with van der Waals surface area (Å²) in [5.74, 6) is 0.830. The van der Waals surface area contributed by atoms with E-state index in [4.69, 9.17) is 28.2 Å². The summed E-state index contributed by atoms with van der Waals surface area (Å²) in [5, 5.41) is 3.77. The number of hydrogen-bond donors (Lipinski definition) is 1. The Kier molecular flexibility index (Phi) is 4.70. The molecular weight excluding hydrogens is 369 g/mol. The maximum Gasteiger partial charge on any atom is 0.257 e. The number of aromatic nitrogens is 2. The van der Waals surface area contributed by atoms with Gasteiger partial charge in [0, 0.05) is 29.7 Å². The number of rotatable bonds is 3. The highest BCUT2D eigenvalue weighted by Crippen LogP contribution is 2.30. The third kappa shape index (κ3) is 3.35. The van der Waals surface area contributed by atoms with Crippen LogP contribution in [0.1, 0.15) is 29.0 Å². The van der Waals surface area contributed by atoms with Crippen molar-refractivity contribution in [1.82, 2.24) is 9.55 Å². The number of para-hydroxylation sites is 1. The minimum Gasteiger partial charge on any atom is -0.334 e. The average Bonchev–Trinajstić information content (AvgIpc) is 3.06. The molecule has 0 aliphatic carbocycles. The summed E-state index contributed by atoms with van der Waals surface area (Å²) < 4.78 is 2.20. The molecule has 3 aromatic rings. The number of imidazole rings is 1. The van der Waals surface area contributed by atoms with E-state index in [1.54, 1.807) is 18.2 Å². The van der Waals surface area contributed by atoms with Gasteiger partial charge in [-0.1, -0.05) is 41.4 Å². The minimum atomic E-state index is -0.275. The van der Waals surface area contributed by atoms with Crippen LogP contribution in [0.25, 0.3) is 11.3 Å². The fourth-order valence-electron chi connectivity index (χ4n) is 3.22. The van der Waals surface area contributed by atoms with Crippen molar-refractivity contribution < 1.29 is 4.79 Å². The van der Waals surface area contributed by atoms with Crippen molar-refractivity contribution in [2.45, 2.75) is 25.8 Å². The first-order chi connectivity index (χ1) is 12.6. The van der Waals surface area contributed by atoms with Gasteiger partial charge in [-0.3, -0.25) is 4.79 Å². The number of hydrogen-bond acceptors (Lipinski definition) is 2. The molecular formula is C20H17Cl2N3O. The van der Waals surface area contributed by atoms with Crippen LogP contribution in [0.15, 0.2) is 48.7 Å². The summed E-state index contributed by atoms with van der Waals surface area (Å²) >= 11 is 12.1. The van der Waals surface area contributed by atoms with Crippen molar-refractivity contribution >= 4 is 34.8 Å². The zero-order chi connectivity index (χ0) is 18.1. The highest BCUT2D eigenvalue weighted by molar-refractivity contribution is 6.37. The Morgan fingerprint density at radius 3 is 2.77 bits per heavy atom. The highest BCUT2D eigenvalue weighted by atomic mass is 35.5. The lowest BCUT2D eigenvalue weighted by Crippen LogP contribution is -2.13. The van der Waals surface area contributed by atoms with Crippen molar-refractivity contribution in [2.75, 3.05) is 5.32 Å². The normalized spacial score (nSPS) is 13.3. The van der Waals surface area contributed by atoms with Crippen LogP contribution >= 0.6 is 23.2 Å². The number of halogens is 2. The Balaban J connectivity index is 1.66. The van der Waals surface area contributed by atoms with Crippen LogP contribution in [0.3, 0.4) is 0 Å². The molecule has 1 aliphatic rings. The summed E-state index contributed by atoms with van der Waals surface area (Å²) in [7, 11) is 0. The number of fused-ring (bicyclic) bond motifs is 1. The first-order valence-electron chi connectivity index (χ1n) is 8.53. The van der Waals surface area contributed by atoms with Crippen molar-refractivity contribution in [3.05, 3.63) is 70.1 Å². The van der Waals surface area contributed by atoms with Gasteiger partial charge in [0.1, 0.15) is 5.82 Å². The summed E-state index contributed by atoms with van der Waals surface area (Å²) in [5.41, 5.74) is 2.86. The predicted octanol–water partition coefficient (Wildman–Crippen LogP) is 5.45. The van der Waals surface area contributed by atoms with E-state index >= 15 is 0 Å². The van der Waals surface area contributed by atoms with E-state index in [1.807, 2.05) is 24.3 Å². The van der Waals surface area contributed by atoms with Crippen LogP contribution in [-0.2, 0) is 13.0 Å². The molecule has 6 heteroatoms. The number of aryl methyl sites for hydroxylation is 2. The molecule has 0 spiro atoms. The summed E-state index contributed by atoms with van der Waals surface area (Å²) in [6.45, 7) is 0.997. The molecule has 0 atom stereocenters. The van der Waals surface area contributed by atoms with Gasteiger partial charge in [-0.15, -0.1) is 0 Å². The molecule has 0 saturated carbocycles. The van der Waals surface area contributed by atoms with Crippen LogP contribution in [0, 0.1) is 0 Å². The van der Waals surface area contributed by atoms with E-state index in [1.165, 1.54) is 12.8 Å². The van der Waals surface area contributed by atoms with Crippen molar-refractivity contribution in [3.8, 4) is 11.3 Å². The largest absolute Gasteiger partial charge is 0.334 e. The minimum absolute atomic E-state index is 0.275. The van der Waals surface area contributed by atoms with Gasteiger partial charge in [-0.2, -0.15) is 0 Å². The van der Waals surface area contributed by atoms with Crippen LogP contribution < -0.4 is 5.32 Å². The van der Waals surface area contributed by atoms with Gasteiger partial charge >= 0.3 is 0 Å². The van der Waals surface area contributed by atoms with Crippen LogP contribution in [-0.4, -0.2) is 15.5 Å². The number of carbonyl (C=O) groups is 1. The molecule has 1 amide bonds. The second kappa shape index (κ2) is 7.14. The van der Waals surface area contributed by atoms with Crippen molar-refractivity contribution in [3.63, 3.8) is 0 Å². The van der Waals surface area contributed by atoms with Crippen LogP contribution in [0.5, 0.6) is 0 Å². The van der Waals surface area contributed by atoms with Crippen molar-refractivity contribution in [2.24, 2.45) is 0 Å². The van der Waals surface area contributed by atoms with Gasteiger partial charge in [-0.25, -0.2) is 4.98 Å². The Labute approximate surface area is 161 Å². The Morgan fingerprint density at radius 2 is 1.96 bits per heavy atom. The third-order valence-electron chi connectivity index (χ3n) is 4.54. The predicted molar refractivity (Wildman–Crippen MR) is 105 cm³/mol. The molecule has 0 radical (unpaired) electrons. The summed E-state index contributed by atoms with van der Waals surface area (Å²) in [6, 6.07) is 12.5. The fourth-order valence-corrected chi connectivity index (χ4v) is 3.72. The first-order valence-corrected chi connectivity index (χ1v) is 9.29. The first kappa shape index (κ1) is 17.1. The Bertz CT molecular complexity index is 957. The fraction of sp³-hybridized carbons (Fsp3) is 0.200. The summed E-state index contributed by atoms with van der Waals surface area (Å²) in [6.07, 6.45) is 5.41. The van der Waals surface area contributed by atoms with E-state index in [-0.39, 0.29) is 5.91 Å². The smallest absolute Gasteiger partial charge is 0.257 e. The SMILES string of the molecule is O=C(Nc1ccccc1-c1cn2c(n1)CCCC2)c1ccc(Cl)cc1Cl.